The lowest BCUT2D eigenvalue weighted by Crippen LogP contribution is -2.28. The van der Waals surface area contributed by atoms with E-state index in [9.17, 15) is 0 Å². The summed E-state index contributed by atoms with van der Waals surface area (Å²) in [7, 11) is 0. The first-order valence-electron chi connectivity index (χ1n) is 8.81. The van der Waals surface area contributed by atoms with Crippen LogP contribution in [-0.2, 0) is 12.8 Å². The number of nitrogens with one attached hydrogen (secondary N) is 1. The molecular formula is C18H29N3. The molecule has 3 nitrogen and oxygen atoms in total. The normalized spacial score (nSPS) is 28.6. The number of hydrogen-bond acceptors (Lipinski definition) is 3. The van der Waals surface area contributed by atoms with Crippen LogP contribution in [0.25, 0.3) is 0 Å². The molecule has 0 radical (unpaired) electrons. The number of aromatic nitrogens is 2. The van der Waals surface area contributed by atoms with Gasteiger partial charge in [0.25, 0.3) is 0 Å². The summed E-state index contributed by atoms with van der Waals surface area (Å²) in [5.41, 5.74) is 2.74. The van der Waals surface area contributed by atoms with E-state index in [1.54, 1.807) is 0 Å². The lowest BCUT2D eigenvalue weighted by Gasteiger charge is -2.24. The second-order valence-corrected chi connectivity index (χ2v) is 7.13. The molecule has 0 bridgehead atoms. The molecule has 1 fully saturated rings. The van der Waals surface area contributed by atoms with E-state index < -0.39 is 0 Å². The monoisotopic (exact) mass is 287 g/mol. The molecule has 1 N–H and O–H groups in total. The van der Waals surface area contributed by atoms with Crippen LogP contribution in [-0.4, -0.2) is 23.1 Å². The fourth-order valence-electron chi connectivity index (χ4n) is 3.89. The molecule has 1 heterocycles. The summed E-state index contributed by atoms with van der Waals surface area (Å²) in [4.78, 5) is 9.64. The van der Waals surface area contributed by atoms with Crippen LogP contribution in [0.3, 0.4) is 0 Å². The van der Waals surface area contributed by atoms with Crippen molar-refractivity contribution in [2.24, 2.45) is 11.8 Å². The van der Waals surface area contributed by atoms with Gasteiger partial charge >= 0.3 is 0 Å². The standard InChI is InChI=1S/C18H29N3/c1-3-8-19-11-14-5-7-17-16(10-14)12-20-18(21-17)15-6-4-13(2)9-15/h12-15,19H,3-11H2,1-2H3. The molecule has 1 aromatic heterocycles. The fraction of sp³-hybridized carbons (Fsp3) is 0.778. The molecule has 2 aliphatic carbocycles. The predicted molar refractivity (Wildman–Crippen MR) is 86.5 cm³/mol. The molecule has 1 aromatic rings. The highest BCUT2D eigenvalue weighted by atomic mass is 14.9. The number of nitrogens with zero attached hydrogens (tertiary/aromatic N) is 2. The van der Waals surface area contributed by atoms with Gasteiger partial charge in [-0.3, -0.25) is 0 Å². The fourth-order valence-corrected chi connectivity index (χ4v) is 3.89. The molecule has 3 heteroatoms. The lowest BCUT2D eigenvalue weighted by atomic mass is 9.87. The summed E-state index contributed by atoms with van der Waals surface area (Å²) in [6.07, 6.45) is 10.8. The Bertz CT molecular complexity index is 472. The third-order valence-electron chi connectivity index (χ3n) is 5.19. The van der Waals surface area contributed by atoms with E-state index in [0.29, 0.717) is 5.92 Å². The van der Waals surface area contributed by atoms with E-state index in [0.717, 1.165) is 43.6 Å². The van der Waals surface area contributed by atoms with Crippen LogP contribution in [0.5, 0.6) is 0 Å². The zero-order valence-corrected chi connectivity index (χ0v) is 13.6. The minimum absolute atomic E-state index is 0.620. The largest absolute Gasteiger partial charge is 0.316 e. The van der Waals surface area contributed by atoms with Crippen LogP contribution in [0.1, 0.15) is 69.0 Å². The summed E-state index contributed by atoms with van der Waals surface area (Å²) in [6, 6.07) is 0. The maximum atomic E-state index is 4.93. The van der Waals surface area contributed by atoms with Gasteiger partial charge in [-0.25, -0.2) is 9.97 Å². The van der Waals surface area contributed by atoms with Crippen LogP contribution < -0.4 is 5.32 Å². The van der Waals surface area contributed by atoms with E-state index in [4.69, 9.17) is 9.97 Å². The Morgan fingerprint density at radius 2 is 2.19 bits per heavy atom. The Labute approximate surface area is 129 Å². The quantitative estimate of drug-likeness (QED) is 0.843. The summed E-state index contributed by atoms with van der Waals surface area (Å²) in [5, 5.41) is 3.56. The van der Waals surface area contributed by atoms with E-state index >= 15 is 0 Å². The van der Waals surface area contributed by atoms with Gasteiger partial charge in [0.2, 0.25) is 0 Å². The van der Waals surface area contributed by atoms with Crippen LogP contribution in [0.2, 0.25) is 0 Å². The average molecular weight is 287 g/mol. The van der Waals surface area contributed by atoms with E-state index in [-0.39, 0.29) is 0 Å². The van der Waals surface area contributed by atoms with Gasteiger partial charge in [0.1, 0.15) is 5.82 Å². The summed E-state index contributed by atoms with van der Waals surface area (Å²) in [5.74, 6) is 3.36. The van der Waals surface area contributed by atoms with Crippen LogP contribution in [0, 0.1) is 11.8 Å². The first-order chi connectivity index (χ1) is 10.3. The van der Waals surface area contributed by atoms with E-state index in [1.807, 2.05) is 0 Å². The van der Waals surface area contributed by atoms with Crippen molar-refractivity contribution in [1.82, 2.24) is 15.3 Å². The van der Waals surface area contributed by atoms with Crippen LogP contribution >= 0.6 is 0 Å². The van der Waals surface area contributed by atoms with Crippen molar-refractivity contribution < 1.29 is 0 Å². The zero-order valence-electron chi connectivity index (χ0n) is 13.6. The van der Waals surface area contributed by atoms with Crippen molar-refractivity contribution in [3.63, 3.8) is 0 Å². The Morgan fingerprint density at radius 1 is 1.29 bits per heavy atom. The lowest BCUT2D eigenvalue weighted by molar-refractivity contribution is 0.418. The third kappa shape index (κ3) is 3.63. The Morgan fingerprint density at radius 3 is 2.95 bits per heavy atom. The molecule has 1 saturated carbocycles. The smallest absolute Gasteiger partial charge is 0.131 e. The van der Waals surface area contributed by atoms with Gasteiger partial charge in [-0.2, -0.15) is 0 Å². The first-order valence-corrected chi connectivity index (χ1v) is 8.81. The summed E-state index contributed by atoms with van der Waals surface area (Å²) >= 11 is 0. The van der Waals surface area contributed by atoms with Crippen LogP contribution in [0.15, 0.2) is 6.20 Å². The Kier molecular flexibility index (Phi) is 4.89. The molecule has 0 saturated heterocycles. The van der Waals surface area contributed by atoms with Gasteiger partial charge in [-0.05, 0) is 75.4 Å². The topological polar surface area (TPSA) is 37.8 Å². The van der Waals surface area contributed by atoms with E-state index in [2.05, 4.69) is 25.4 Å². The highest BCUT2D eigenvalue weighted by Crippen LogP contribution is 2.37. The average Bonchev–Trinajstić information content (AvgIpc) is 2.93. The molecule has 0 spiro atoms. The van der Waals surface area contributed by atoms with Crippen molar-refractivity contribution in [3.05, 3.63) is 23.3 Å². The number of aryl methyl sites for hydroxylation is 1. The maximum Gasteiger partial charge on any atom is 0.131 e. The maximum absolute atomic E-state index is 4.93. The summed E-state index contributed by atoms with van der Waals surface area (Å²) in [6.45, 7) is 6.86. The van der Waals surface area contributed by atoms with Crippen LogP contribution in [0.4, 0.5) is 0 Å². The number of fused-ring (bicyclic) bond motifs is 1. The highest BCUT2D eigenvalue weighted by molar-refractivity contribution is 5.22. The van der Waals surface area contributed by atoms with Crippen molar-refractivity contribution in [2.75, 3.05) is 13.1 Å². The molecule has 3 atom stereocenters. The zero-order chi connectivity index (χ0) is 14.7. The van der Waals surface area contributed by atoms with Gasteiger partial charge in [-0.1, -0.05) is 13.8 Å². The molecular weight excluding hydrogens is 258 g/mol. The van der Waals surface area contributed by atoms with Gasteiger partial charge in [-0.15, -0.1) is 0 Å². The van der Waals surface area contributed by atoms with Gasteiger partial charge in [0.05, 0.1) is 0 Å². The number of hydrogen-bond donors (Lipinski definition) is 1. The second kappa shape index (κ2) is 6.87. The molecule has 3 unspecified atom stereocenters. The molecule has 0 aromatic carbocycles. The minimum Gasteiger partial charge on any atom is -0.316 e. The third-order valence-corrected chi connectivity index (χ3v) is 5.19. The Hall–Kier alpha value is -0.960. The second-order valence-electron chi connectivity index (χ2n) is 7.13. The molecule has 3 rings (SSSR count). The van der Waals surface area contributed by atoms with E-state index in [1.165, 1.54) is 43.4 Å². The van der Waals surface area contributed by atoms with Gasteiger partial charge in [0, 0.05) is 17.8 Å². The Balaban J connectivity index is 1.62. The highest BCUT2D eigenvalue weighted by Gasteiger charge is 2.27. The number of rotatable bonds is 5. The van der Waals surface area contributed by atoms with Gasteiger partial charge in [0.15, 0.2) is 0 Å². The molecule has 21 heavy (non-hydrogen) atoms. The SMILES string of the molecule is CCCNCC1CCc2nc(C3CCC(C)C3)ncc2C1. The molecule has 0 amide bonds. The molecule has 116 valence electrons. The summed E-state index contributed by atoms with van der Waals surface area (Å²) < 4.78 is 0. The molecule has 0 aliphatic heterocycles. The molecule has 2 aliphatic rings. The first kappa shape index (κ1) is 15.0. The van der Waals surface area contributed by atoms with Crippen molar-refractivity contribution in [1.29, 1.82) is 0 Å². The van der Waals surface area contributed by atoms with Gasteiger partial charge < -0.3 is 5.32 Å². The predicted octanol–water partition coefficient (Wildman–Crippen LogP) is 3.48. The minimum atomic E-state index is 0.620. The van der Waals surface area contributed by atoms with Crippen molar-refractivity contribution in [3.8, 4) is 0 Å². The van der Waals surface area contributed by atoms with Crippen molar-refractivity contribution >= 4 is 0 Å². The van der Waals surface area contributed by atoms with Crippen molar-refractivity contribution in [2.45, 2.75) is 64.7 Å².